The third-order valence-electron chi connectivity index (χ3n) is 5.97. The van der Waals surface area contributed by atoms with Gasteiger partial charge in [-0.1, -0.05) is 23.7 Å². The summed E-state index contributed by atoms with van der Waals surface area (Å²) < 4.78 is 17.3. The zero-order valence-electron chi connectivity index (χ0n) is 18.2. The molecule has 0 radical (unpaired) electrons. The van der Waals surface area contributed by atoms with Gasteiger partial charge in [0.25, 0.3) is 0 Å². The Morgan fingerprint density at radius 3 is 2.72 bits per heavy atom. The van der Waals surface area contributed by atoms with Gasteiger partial charge in [-0.05, 0) is 55.9 Å². The summed E-state index contributed by atoms with van der Waals surface area (Å²) in [4.78, 5) is 15.6. The number of anilines is 1. The molecule has 0 aliphatic carbocycles. The van der Waals surface area contributed by atoms with Crippen LogP contribution in [0.25, 0.3) is 0 Å². The molecule has 2 bridgehead atoms. The van der Waals surface area contributed by atoms with Gasteiger partial charge < -0.3 is 29.7 Å². The third-order valence-corrected chi connectivity index (χ3v) is 6.56. The van der Waals surface area contributed by atoms with Crippen molar-refractivity contribution in [1.29, 1.82) is 0 Å². The fourth-order valence-corrected chi connectivity index (χ4v) is 4.97. The highest BCUT2D eigenvalue weighted by Gasteiger charge is 2.58. The summed E-state index contributed by atoms with van der Waals surface area (Å²) in [5.74, 6) is 0.457. The van der Waals surface area contributed by atoms with Crippen molar-refractivity contribution in [2.45, 2.75) is 25.1 Å². The lowest BCUT2D eigenvalue weighted by Crippen LogP contribution is -2.71. The number of benzene rings is 2. The van der Waals surface area contributed by atoms with Gasteiger partial charge in [-0.15, -0.1) is 0 Å². The van der Waals surface area contributed by atoms with Gasteiger partial charge in [-0.2, -0.15) is 0 Å². The number of hydrogen-bond donors (Lipinski definition) is 2. The number of nitrogens with zero attached hydrogens (tertiary/aromatic N) is 1. The molecule has 32 heavy (non-hydrogen) atoms. The van der Waals surface area contributed by atoms with E-state index < -0.39 is 11.6 Å². The van der Waals surface area contributed by atoms with Crippen LogP contribution in [-0.4, -0.2) is 49.0 Å². The van der Waals surface area contributed by atoms with Gasteiger partial charge in [0.05, 0.1) is 13.2 Å². The van der Waals surface area contributed by atoms with E-state index in [1.54, 1.807) is 38.5 Å². The van der Waals surface area contributed by atoms with E-state index in [9.17, 15) is 4.79 Å². The first-order valence-corrected chi connectivity index (χ1v) is 11.2. The number of hydrogen-bond acceptors (Lipinski definition) is 5. The molecule has 9 heteroatoms. The average molecular weight is 476 g/mol. The number of thiocarbonyl (C=S) groups is 1. The van der Waals surface area contributed by atoms with Crippen molar-refractivity contribution in [2.24, 2.45) is 5.92 Å². The maximum Gasteiger partial charge on any atom is 0.236 e. The van der Waals surface area contributed by atoms with Crippen LogP contribution in [0.3, 0.4) is 0 Å². The number of rotatable bonds is 7. The fourth-order valence-electron chi connectivity index (χ4n) is 4.44. The normalized spacial score (nSPS) is 23.6. The van der Waals surface area contributed by atoms with E-state index >= 15 is 0 Å². The molecule has 2 aliphatic rings. The van der Waals surface area contributed by atoms with Gasteiger partial charge in [0, 0.05) is 36.5 Å². The average Bonchev–Trinajstić information content (AvgIpc) is 2.77. The molecule has 2 aromatic rings. The number of methoxy groups -OCH3 is 2. The molecule has 1 amide bonds. The second-order valence-electron chi connectivity index (χ2n) is 7.93. The summed E-state index contributed by atoms with van der Waals surface area (Å²) in [6.07, 6.45) is 0.728. The molecule has 7 nitrogen and oxygen atoms in total. The summed E-state index contributed by atoms with van der Waals surface area (Å²) in [6, 6.07) is 12.3. The number of nitrogens with one attached hydrogen (secondary N) is 2. The predicted octanol–water partition coefficient (Wildman–Crippen LogP) is 3.98. The molecule has 2 heterocycles. The molecule has 0 unspecified atom stereocenters. The van der Waals surface area contributed by atoms with E-state index in [1.807, 2.05) is 30.0 Å². The van der Waals surface area contributed by atoms with Crippen molar-refractivity contribution in [3.8, 4) is 11.5 Å². The van der Waals surface area contributed by atoms with Crippen molar-refractivity contribution >= 4 is 40.5 Å². The predicted molar refractivity (Wildman–Crippen MR) is 127 cm³/mol. The molecule has 0 aromatic heterocycles. The van der Waals surface area contributed by atoms with E-state index in [1.165, 1.54) is 0 Å². The van der Waals surface area contributed by atoms with Gasteiger partial charge in [0.15, 0.2) is 22.3 Å². The lowest BCUT2D eigenvalue weighted by Gasteiger charge is -2.56. The van der Waals surface area contributed by atoms with Crippen LogP contribution in [0.2, 0.25) is 5.02 Å². The molecule has 2 N–H and O–H groups in total. The molecule has 1 saturated heterocycles. The van der Waals surface area contributed by atoms with E-state index in [0.29, 0.717) is 40.5 Å². The van der Waals surface area contributed by atoms with Crippen molar-refractivity contribution in [3.63, 3.8) is 0 Å². The van der Waals surface area contributed by atoms with Crippen LogP contribution in [-0.2, 0) is 9.53 Å². The standard InChI is InChI=1S/C23H26ClN3O4S/c1-23-18(21(28)25-15-10-8-14(24)9-11-15)19(26-22(32)27(23)12-5-13-29-2)16-6-4-7-17(30-3)20(16)31-23/h4,6-11,18-19H,5,12-13H2,1-3H3,(H,25,28)(H,26,32)/t18-,19+,23-/m0/s1. The second kappa shape index (κ2) is 9.13. The lowest BCUT2D eigenvalue weighted by molar-refractivity contribution is -0.149. The molecule has 2 aromatic carbocycles. The Kier molecular flexibility index (Phi) is 6.46. The van der Waals surface area contributed by atoms with E-state index in [2.05, 4.69) is 10.6 Å². The smallest absolute Gasteiger partial charge is 0.236 e. The van der Waals surface area contributed by atoms with Crippen LogP contribution >= 0.6 is 23.8 Å². The summed E-state index contributed by atoms with van der Waals surface area (Å²) in [6.45, 7) is 3.04. The Balaban J connectivity index is 1.75. The highest BCUT2D eigenvalue weighted by atomic mass is 35.5. The summed E-state index contributed by atoms with van der Waals surface area (Å²) in [7, 11) is 3.26. The molecule has 170 valence electrons. The molecule has 4 rings (SSSR count). The Hall–Kier alpha value is -2.55. The van der Waals surface area contributed by atoms with Crippen molar-refractivity contribution in [3.05, 3.63) is 53.1 Å². The number of halogens is 1. The highest BCUT2D eigenvalue weighted by molar-refractivity contribution is 7.80. The van der Waals surface area contributed by atoms with Crippen LogP contribution in [0, 0.1) is 5.92 Å². The number of para-hydroxylation sites is 1. The molecule has 1 fully saturated rings. The zero-order valence-corrected chi connectivity index (χ0v) is 19.8. The number of ether oxygens (including phenoxy) is 3. The van der Waals surface area contributed by atoms with Crippen molar-refractivity contribution < 1.29 is 19.0 Å². The number of carbonyl (C=O) groups is 1. The topological polar surface area (TPSA) is 72.1 Å². The van der Waals surface area contributed by atoms with Crippen LogP contribution in [0.1, 0.15) is 24.9 Å². The molecular weight excluding hydrogens is 450 g/mol. The quantitative estimate of drug-likeness (QED) is 0.463. The Morgan fingerprint density at radius 1 is 1.28 bits per heavy atom. The van der Waals surface area contributed by atoms with E-state index in [4.69, 9.17) is 38.0 Å². The Bertz CT molecular complexity index is 1020. The number of amides is 1. The van der Waals surface area contributed by atoms with Crippen molar-refractivity contribution in [2.75, 3.05) is 32.7 Å². The minimum absolute atomic E-state index is 0.181. The van der Waals surface area contributed by atoms with E-state index in [0.717, 1.165) is 12.0 Å². The third kappa shape index (κ3) is 3.98. The van der Waals surface area contributed by atoms with Crippen LogP contribution in [0.15, 0.2) is 42.5 Å². The van der Waals surface area contributed by atoms with Crippen molar-refractivity contribution in [1.82, 2.24) is 10.2 Å². The zero-order chi connectivity index (χ0) is 22.9. The first-order valence-electron chi connectivity index (χ1n) is 10.4. The lowest BCUT2D eigenvalue weighted by atomic mass is 9.78. The van der Waals surface area contributed by atoms with Gasteiger partial charge in [-0.3, -0.25) is 4.79 Å². The minimum atomic E-state index is -1.03. The SMILES string of the molecule is COCCCN1C(=S)N[C@@H]2c3cccc(OC)c3O[C@@]1(C)[C@@H]2C(=O)Nc1ccc(Cl)cc1. The molecule has 3 atom stereocenters. The molecule has 2 aliphatic heterocycles. The molecular formula is C23H26ClN3O4S. The minimum Gasteiger partial charge on any atom is -0.493 e. The first-order chi connectivity index (χ1) is 15.4. The first kappa shape index (κ1) is 22.6. The summed E-state index contributed by atoms with van der Waals surface area (Å²) in [5.41, 5.74) is 0.460. The van der Waals surface area contributed by atoms with Crippen LogP contribution in [0.4, 0.5) is 5.69 Å². The van der Waals surface area contributed by atoms with Crippen LogP contribution < -0.4 is 20.1 Å². The fraction of sp³-hybridized carbons (Fsp3) is 0.391. The highest BCUT2D eigenvalue weighted by Crippen LogP contribution is 2.51. The maximum absolute atomic E-state index is 13.6. The second-order valence-corrected chi connectivity index (χ2v) is 8.76. The Labute approximate surface area is 198 Å². The number of carbonyl (C=O) groups excluding carboxylic acids is 1. The number of fused-ring (bicyclic) bond motifs is 4. The summed E-state index contributed by atoms with van der Waals surface area (Å²) >= 11 is 11.7. The van der Waals surface area contributed by atoms with E-state index in [-0.39, 0.29) is 11.9 Å². The summed E-state index contributed by atoms with van der Waals surface area (Å²) in [5, 5.41) is 7.54. The molecule has 0 spiro atoms. The maximum atomic E-state index is 13.6. The van der Waals surface area contributed by atoms with Crippen LogP contribution in [0.5, 0.6) is 11.5 Å². The molecule has 0 saturated carbocycles. The van der Waals surface area contributed by atoms with Gasteiger partial charge in [-0.25, -0.2) is 0 Å². The largest absolute Gasteiger partial charge is 0.493 e. The van der Waals surface area contributed by atoms with Gasteiger partial charge in [0.1, 0.15) is 5.92 Å². The van der Waals surface area contributed by atoms with Gasteiger partial charge in [0.2, 0.25) is 5.91 Å². The monoisotopic (exact) mass is 475 g/mol. The van der Waals surface area contributed by atoms with Gasteiger partial charge >= 0.3 is 0 Å². The Morgan fingerprint density at radius 2 is 2.03 bits per heavy atom.